The zero-order valence-corrected chi connectivity index (χ0v) is 19.3. The van der Waals surface area contributed by atoms with E-state index in [0.717, 1.165) is 49.1 Å². The number of fused-ring (bicyclic) bond motifs is 1. The molecule has 1 N–H and O–H groups in total. The molecule has 0 bridgehead atoms. The van der Waals surface area contributed by atoms with E-state index in [9.17, 15) is 4.79 Å². The predicted octanol–water partition coefficient (Wildman–Crippen LogP) is 2.89. The number of hydrogen-bond donors (Lipinski definition) is 1. The maximum absolute atomic E-state index is 12.5. The molecule has 174 valence electrons. The van der Waals surface area contributed by atoms with Crippen LogP contribution in [0.1, 0.15) is 25.0 Å². The fourth-order valence-corrected chi connectivity index (χ4v) is 4.74. The highest BCUT2D eigenvalue weighted by Crippen LogP contribution is 2.29. The van der Waals surface area contributed by atoms with Crippen molar-refractivity contribution in [3.05, 3.63) is 42.4 Å². The second kappa shape index (κ2) is 9.99. The van der Waals surface area contributed by atoms with Crippen LogP contribution in [0.5, 0.6) is 0 Å². The van der Waals surface area contributed by atoms with Crippen molar-refractivity contribution in [3.8, 4) is 11.1 Å². The fraction of sp³-hybridized carbons (Fsp3) is 0.480. The molecular weight excluding hydrogens is 416 g/mol. The van der Waals surface area contributed by atoms with Gasteiger partial charge in [-0.25, -0.2) is 4.98 Å². The van der Waals surface area contributed by atoms with Crippen LogP contribution < -0.4 is 5.32 Å². The number of likely N-dealkylation sites (tertiary alicyclic amines) is 1. The first-order chi connectivity index (χ1) is 16.2. The van der Waals surface area contributed by atoms with E-state index in [2.05, 4.69) is 43.4 Å². The van der Waals surface area contributed by atoms with Gasteiger partial charge in [-0.1, -0.05) is 18.6 Å². The third kappa shape index (κ3) is 5.24. The summed E-state index contributed by atoms with van der Waals surface area (Å²) in [7, 11) is 2.02. The van der Waals surface area contributed by atoms with Crippen molar-refractivity contribution in [1.82, 2.24) is 24.6 Å². The summed E-state index contributed by atoms with van der Waals surface area (Å²) in [4.78, 5) is 21.6. The summed E-state index contributed by atoms with van der Waals surface area (Å²) >= 11 is 0. The maximum Gasteiger partial charge on any atom is 0.239 e. The molecule has 2 fully saturated rings. The second-order valence-electron chi connectivity index (χ2n) is 9.03. The Morgan fingerprint density at radius 3 is 2.64 bits per heavy atom. The molecule has 0 saturated carbocycles. The smallest absolute Gasteiger partial charge is 0.239 e. The van der Waals surface area contributed by atoms with Gasteiger partial charge in [-0.3, -0.25) is 19.3 Å². The largest absolute Gasteiger partial charge is 0.379 e. The lowest BCUT2D eigenvalue weighted by atomic mass is 10.0. The molecule has 0 atom stereocenters. The Morgan fingerprint density at radius 1 is 1.00 bits per heavy atom. The third-order valence-corrected chi connectivity index (χ3v) is 6.65. The van der Waals surface area contributed by atoms with E-state index in [1.54, 1.807) is 0 Å². The van der Waals surface area contributed by atoms with Crippen molar-refractivity contribution in [3.63, 3.8) is 0 Å². The van der Waals surface area contributed by atoms with Gasteiger partial charge in [0.05, 0.1) is 31.6 Å². The van der Waals surface area contributed by atoms with Crippen LogP contribution >= 0.6 is 0 Å². The van der Waals surface area contributed by atoms with E-state index in [4.69, 9.17) is 4.74 Å². The first-order valence-corrected chi connectivity index (χ1v) is 11.9. The van der Waals surface area contributed by atoms with Gasteiger partial charge in [0.2, 0.25) is 5.91 Å². The lowest BCUT2D eigenvalue weighted by molar-refractivity contribution is -0.118. The van der Waals surface area contributed by atoms with Gasteiger partial charge in [0.15, 0.2) is 0 Å². The summed E-state index contributed by atoms with van der Waals surface area (Å²) in [5.74, 6) is 0.536. The van der Waals surface area contributed by atoms with E-state index < -0.39 is 0 Å². The van der Waals surface area contributed by atoms with Crippen LogP contribution in [-0.2, 0) is 23.1 Å². The molecule has 0 radical (unpaired) electrons. The minimum Gasteiger partial charge on any atom is -0.379 e. The summed E-state index contributed by atoms with van der Waals surface area (Å²) in [5.41, 5.74) is 3.54. The normalized spacial score (nSPS) is 18.0. The van der Waals surface area contributed by atoms with Crippen molar-refractivity contribution in [2.45, 2.75) is 25.8 Å². The number of hydrogen-bond acceptors (Lipinski definition) is 6. The summed E-state index contributed by atoms with van der Waals surface area (Å²) in [5, 5.41) is 9.61. The maximum atomic E-state index is 12.5. The Labute approximate surface area is 194 Å². The minimum absolute atomic E-state index is 0.0454. The lowest BCUT2D eigenvalue weighted by Crippen LogP contribution is -2.41. The number of aryl methyl sites for hydroxylation is 1. The molecule has 2 aliphatic heterocycles. The Hall–Kier alpha value is -2.81. The molecule has 2 aliphatic rings. The molecule has 5 rings (SSSR count). The van der Waals surface area contributed by atoms with Gasteiger partial charge in [-0.15, -0.1) is 0 Å². The molecular formula is C25H32N6O2. The third-order valence-electron chi connectivity index (χ3n) is 6.65. The monoisotopic (exact) mass is 448 g/mol. The molecule has 8 nitrogen and oxygen atoms in total. The number of anilines is 1. The predicted molar refractivity (Wildman–Crippen MR) is 129 cm³/mol. The van der Waals surface area contributed by atoms with Gasteiger partial charge in [0.25, 0.3) is 0 Å². The Morgan fingerprint density at radius 2 is 1.82 bits per heavy atom. The molecule has 0 aliphatic carbocycles. The molecule has 4 heterocycles. The van der Waals surface area contributed by atoms with Crippen LogP contribution in [0.25, 0.3) is 21.9 Å². The summed E-state index contributed by atoms with van der Waals surface area (Å²) in [6, 6.07) is 8.36. The van der Waals surface area contributed by atoms with E-state index in [1.165, 1.54) is 30.5 Å². The SMILES string of the molecule is Cn1ncc(-c2ccc3cnc(NC(=O)CN4CCOCC4)cc3c2)c1CN1CCCCC1. The van der Waals surface area contributed by atoms with Crippen LogP contribution in [0.2, 0.25) is 0 Å². The average Bonchev–Trinajstić information content (AvgIpc) is 3.20. The molecule has 2 saturated heterocycles. The standard InChI is InChI=1S/C25H32N6O2/c1-29-23(17-30-7-3-2-4-8-30)22(16-27-29)19-5-6-20-15-26-24(14-21(20)13-19)28-25(32)18-31-9-11-33-12-10-31/h5-6,13-16H,2-4,7-12,17-18H2,1H3,(H,26,28,32). The van der Waals surface area contributed by atoms with Crippen molar-refractivity contribution in [2.75, 3.05) is 51.3 Å². The summed E-state index contributed by atoms with van der Waals surface area (Å²) in [6.07, 6.45) is 7.67. The highest BCUT2D eigenvalue weighted by molar-refractivity contribution is 5.95. The molecule has 0 unspecified atom stereocenters. The van der Waals surface area contributed by atoms with Gasteiger partial charge in [0.1, 0.15) is 5.82 Å². The number of amides is 1. The molecule has 3 aromatic rings. The quantitative estimate of drug-likeness (QED) is 0.625. The first kappa shape index (κ1) is 22.0. The zero-order chi connectivity index (χ0) is 22.6. The van der Waals surface area contributed by atoms with E-state index in [1.807, 2.05) is 30.2 Å². The van der Waals surface area contributed by atoms with Crippen LogP contribution in [0.3, 0.4) is 0 Å². The molecule has 8 heteroatoms. The Bertz CT molecular complexity index is 1120. The number of benzene rings is 1. The van der Waals surface area contributed by atoms with Crippen molar-refractivity contribution < 1.29 is 9.53 Å². The summed E-state index contributed by atoms with van der Waals surface area (Å²) < 4.78 is 7.35. The molecule has 33 heavy (non-hydrogen) atoms. The van der Waals surface area contributed by atoms with Gasteiger partial charge >= 0.3 is 0 Å². The number of pyridine rings is 1. The van der Waals surface area contributed by atoms with Crippen LogP contribution in [-0.4, -0.2) is 76.4 Å². The Balaban J connectivity index is 1.34. The van der Waals surface area contributed by atoms with Crippen LogP contribution in [0.15, 0.2) is 36.7 Å². The lowest BCUT2D eigenvalue weighted by Gasteiger charge is -2.26. The fourth-order valence-electron chi connectivity index (χ4n) is 4.74. The van der Waals surface area contributed by atoms with Gasteiger partial charge in [-0.05, 0) is 49.0 Å². The number of piperidine rings is 1. The molecule has 0 spiro atoms. The van der Waals surface area contributed by atoms with Gasteiger partial charge < -0.3 is 10.1 Å². The Kier molecular flexibility index (Phi) is 6.66. The topological polar surface area (TPSA) is 75.5 Å². The van der Waals surface area contributed by atoms with E-state index >= 15 is 0 Å². The van der Waals surface area contributed by atoms with E-state index in [0.29, 0.717) is 25.6 Å². The number of nitrogens with zero attached hydrogens (tertiary/aromatic N) is 5. The molecule has 2 aromatic heterocycles. The number of carbonyl (C=O) groups is 1. The highest BCUT2D eigenvalue weighted by Gasteiger charge is 2.18. The summed E-state index contributed by atoms with van der Waals surface area (Å²) in [6.45, 7) is 6.51. The number of carbonyl (C=O) groups excluding carboxylic acids is 1. The molecule has 1 aromatic carbocycles. The van der Waals surface area contributed by atoms with Crippen molar-refractivity contribution >= 4 is 22.5 Å². The molecule has 1 amide bonds. The number of nitrogens with one attached hydrogen (secondary N) is 1. The number of ether oxygens (including phenoxy) is 1. The van der Waals surface area contributed by atoms with E-state index in [-0.39, 0.29) is 5.91 Å². The highest BCUT2D eigenvalue weighted by atomic mass is 16.5. The number of morpholine rings is 1. The van der Waals surface area contributed by atoms with Crippen molar-refractivity contribution in [1.29, 1.82) is 0 Å². The average molecular weight is 449 g/mol. The zero-order valence-electron chi connectivity index (χ0n) is 19.3. The number of rotatable bonds is 6. The van der Waals surface area contributed by atoms with Crippen molar-refractivity contribution in [2.24, 2.45) is 7.05 Å². The van der Waals surface area contributed by atoms with Gasteiger partial charge in [0, 0.05) is 43.8 Å². The second-order valence-corrected chi connectivity index (χ2v) is 9.03. The number of aromatic nitrogens is 3. The van der Waals surface area contributed by atoms with Gasteiger partial charge in [-0.2, -0.15) is 5.10 Å². The first-order valence-electron chi connectivity index (χ1n) is 11.9. The van der Waals surface area contributed by atoms with Crippen LogP contribution in [0.4, 0.5) is 5.82 Å². The van der Waals surface area contributed by atoms with Crippen LogP contribution in [0, 0.1) is 0 Å². The minimum atomic E-state index is -0.0454.